The van der Waals surface area contributed by atoms with Gasteiger partial charge in [0.25, 0.3) is 0 Å². The lowest BCUT2D eigenvalue weighted by atomic mass is 10.1. The van der Waals surface area contributed by atoms with Gasteiger partial charge in [0, 0.05) is 6.07 Å². The molecule has 1 N–H and O–H groups in total. The minimum atomic E-state index is -1.97. The Labute approximate surface area is 107 Å². The summed E-state index contributed by atoms with van der Waals surface area (Å²) in [5.74, 6) is -3.90. The molecule has 0 bridgehead atoms. The molecule has 0 saturated heterocycles. The van der Waals surface area contributed by atoms with Crippen molar-refractivity contribution < 1.29 is 32.9 Å². The summed E-state index contributed by atoms with van der Waals surface area (Å²) in [5.41, 5.74) is -0.604. The lowest BCUT2D eigenvalue weighted by Crippen LogP contribution is -2.22. The van der Waals surface area contributed by atoms with E-state index in [0.717, 1.165) is 6.07 Å². The van der Waals surface area contributed by atoms with E-state index >= 15 is 0 Å². The number of carbonyl (C=O) groups is 1. The quantitative estimate of drug-likeness (QED) is 0.842. The highest BCUT2D eigenvalue weighted by Crippen LogP contribution is 2.40. The molecule has 0 radical (unpaired) electrons. The number of esters is 1. The summed E-state index contributed by atoms with van der Waals surface area (Å²) < 4.78 is 42.0. The maximum Gasteiger partial charge on any atom is 0.339 e. The number of benzene rings is 1. The maximum absolute atomic E-state index is 13.8. The van der Waals surface area contributed by atoms with Gasteiger partial charge in [0.2, 0.25) is 0 Å². The molecular formula is C12H12F2O5. The Morgan fingerprint density at radius 2 is 2.16 bits per heavy atom. The van der Waals surface area contributed by atoms with Crippen LogP contribution in [0.4, 0.5) is 8.78 Å². The van der Waals surface area contributed by atoms with Gasteiger partial charge in [0.1, 0.15) is 13.2 Å². The summed E-state index contributed by atoms with van der Waals surface area (Å²) in [6.07, 6.45) is -1.97. The number of aliphatic hydroxyl groups is 1. The van der Waals surface area contributed by atoms with Crippen molar-refractivity contribution in [1.82, 2.24) is 0 Å². The molecule has 1 aromatic carbocycles. The smallest absolute Gasteiger partial charge is 0.339 e. The third-order valence-electron chi connectivity index (χ3n) is 2.54. The molecule has 1 aliphatic rings. The number of ether oxygens (including phenoxy) is 3. The van der Waals surface area contributed by atoms with Gasteiger partial charge >= 0.3 is 5.97 Å². The SMILES string of the molecule is CCOC(=O)C(O)c1c(F)c(F)cc2c1OCCO2. The lowest BCUT2D eigenvalue weighted by molar-refractivity contribution is -0.153. The molecule has 1 atom stereocenters. The van der Waals surface area contributed by atoms with E-state index < -0.39 is 29.3 Å². The molecule has 0 fully saturated rings. The third kappa shape index (κ3) is 2.46. The van der Waals surface area contributed by atoms with Crippen LogP contribution in [-0.2, 0) is 9.53 Å². The Bertz CT molecular complexity index is 503. The highest BCUT2D eigenvalue weighted by Gasteiger charge is 2.32. The highest BCUT2D eigenvalue weighted by atomic mass is 19.2. The van der Waals surface area contributed by atoms with Crippen LogP contribution in [0.2, 0.25) is 0 Å². The van der Waals surface area contributed by atoms with Gasteiger partial charge in [0.15, 0.2) is 29.2 Å². The highest BCUT2D eigenvalue weighted by molar-refractivity contribution is 5.78. The summed E-state index contributed by atoms with van der Waals surface area (Å²) >= 11 is 0. The second-order valence-electron chi connectivity index (χ2n) is 3.76. The zero-order valence-electron chi connectivity index (χ0n) is 10.1. The Morgan fingerprint density at radius 1 is 1.47 bits per heavy atom. The maximum atomic E-state index is 13.8. The first-order valence-electron chi connectivity index (χ1n) is 5.68. The van der Waals surface area contributed by atoms with Crippen LogP contribution >= 0.6 is 0 Å². The van der Waals surface area contributed by atoms with Crippen LogP contribution in [0.25, 0.3) is 0 Å². The molecule has 5 nitrogen and oxygen atoms in total. The van der Waals surface area contributed by atoms with Gasteiger partial charge in [-0.15, -0.1) is 0 Å². The van der Waals surface area contributed by atoms with Gasteiger partial charge in [-0.1, -0.05) is 0 Å². The predicted octanol–water partition coefficient (Wildman–Crippen LogP) is 1.33. The molecule has 0 aromatic heterocycles. The first-order chi connectivity index (χ1) is 9.06. The Hall–Kier alpha value is -1.89. The van der Waals surface area contributed by atoms with E-state index in [4.69, 9.17) is 9.47 Å². The monoisotopic (exact) mass is 274 g/mol. The summed E-state index contributed by atoms with van der Waals surface area (Å²) in [6.45, 7) is 1.82. The zero-order chi connectivity index (χ0) is 14.0. The molecule has 2 rings (SSSR count). The minimum Gasteiger partial charge on any atom is -0.486 e. The fraction of sp³-hybridized carbons (Fsp3) is 0.417. The van der Waals surface area contributed by atoms with Crippen molar-refractivity contribution in [2.24, 2.45) is 0 Å². The van der Waals surface area contributed by atoms with Crippen molar-refractivity contribution in [1.29, 1.82) is 0 Å². The molecular weight excluding hydrogens is 262 g/mol. The van der Waals surface area contributed by atoms with Crippen LogP contribution in [0.1, 0.15) is 18.6 Å². The second kappa shape index (κ2) is 5.40. The van der Waals surface area contributed by atoms with E-state index in [0.29, 0.717) is 0 Å². The summed E-state index contributed by atoms with van der Waals surface area (Å²) in [7, 11) is 0. The number of hydrogen-bond donors (Lipinski definition) is 1. The van der Waals surface area contributed by atoms with Crippen LogP contribution in [0.15, 0.2) is 6.07 Å². The number of carbonyl (C=O) groups excluding carboxylic acids is 1. The fourth-order valence-corrected chi connectivity index (χ4v) is 1.74. The summed E-state index contributed by atoms with van der Waals surface area (Å²) in [4.78, 5) is 11.4. The average molecular weight is 274 g/mol. The van der Waals surface area contributed by atoms with Crippen LogP contribution in [0, 0.1) is 11.6 Å². The van der Waals surface area contributed by atoms with E-state index in [9.17, 15) is 18.7 Å². The standard InChI is InChI=1S/C12H12F2O5/c1-2-17-12(16)10(15)8-9(14)6(13)5-7-11(8)19-4-3-18-7/h5,10,15H,2-4H2,1H3. The van der Waals surface area contributed by atoms with Crippen molar-refractivity contribution >= 4 is 5.97 Å². The Morgan fingerprint density at radius 3 is 2.84 bits per heavy atom. The molecule has 1 unspecified atom stereocenters. The number of rotatable bonds is 3. The van der Waals surface area contributed by atoms with Crippen LogP contribution in [-0.4, -0.2) is 30.9 Å². The number of hydrogen-bond acceptors (Lipinski definition) is 5. The van der Waals surface area contributed by atoms with E-state index in [-0.39, 0.29) is 31.3 Å². The predicted molar refractivity (Wildman–Crippen MR) is 58.9 cm³/mol. The number of fused-ring (bicyclic) bond motifs is 1. The normalized spacial score (nSPS) is 14.9. The Kier molecular flexibility index (Phi) is 3.84. The number of halogens is 2. The molecule has 104 valence electrons. The van der Waals surface area contributed by atoms with Gasteiger partial charge in [0.05, 0.1) is 12.2 Å². The van der Waals surface area contributed by atoms with Crippen LogP contribution < -0.4 is 9.47 Å². The molecule has 0 saturated carbocycles. The van der Waals surface area contributed by atoms with Crippen LogP contribution in [0.3, 0.4) is 0 Å². The van der Waals surface area contributed by atoms with Gasteiger partial charge in [-0.2, -0.15) is 0 Å². The topological polar surface area (TPSA) is 65.0 Å². The van der Waals surface area contributed by atoms with Gasteiger partial charge in [-0.25, -0.2) is 13.6 Å². The molecule has 1 heterocycles. The van der Waals surface area contributed by atoms with E-state index in [2.05, 4.69) is 4.74 Å². The zero-order valence-corrected chi connectivity index (χ0v) is 10.1. The van der Waals surface area contributed by atoms with Crippen molar-refractivity contribution in [2.45, 2.75) is 13.0 Å². The second-order valence-corrected chi connectivity index (χ2v) is 3.76. The van der Waals surface area contributed by atoms with Gasteiger partial charge in [-0.3, -0.25) is 0 Å². The van der Waals surface area contributed by atoms with E-state index in [1.807, 2.05) is 0 Å². The Balaban J connectivity index is 2.48. The molecule has 19 heavy (non-hydrogen) atoms. The van der Waals surface area contributed by atoms with Crippen molar-refractivity contribution in [3.63, 3.8) is 0 Å². The van der Waals surface area contributed by atoms with Crippen molar-refractivity contribution in [3.8, 4) is 11.5 Å². The molecule has 0 aliphatic carbocycles. The average Bonchev–Trinajstić information content (AvgIpc) is 2.40. The summed E-state index contributed by atoms with van der Waals surface area (Å²) in [5, 5.41) is 9.76. The first kappa shape index (κ1) is 13.5. The van der Waals surface area contributed by atoms with E-state index in [1.165, 1.54) is 6.92 Å². The summed E-state index contributed by atoms with van der Waals surface area (Å²) in [6, 6.07) is 0.811. The molecule has 0 amide bonds. The van der Waals surface area contributed by atoms with Gasteiger partial charge in [-0.05, 0) is 6.92 Å². The number of aliphatic hydroxyl groups excluding tert-OH is 1. The third-order valence-corrected chi connectivity index (χ3v) is 2.54. The fourth-order valence-electron chi connectivity index (χ4n) is 1.74. The molecule has 7 heteroatoms. The lowest BCUT2D eigenvalue weighted by Gasteiger charge is -2.23. The van der Waals surface area contributed by atoms with Crippen molar-refractivity contribution in [3.05, 3.63) is 23.3 Å². The molecule has 0 spiro atoms. The largest absolute Gasteiger partial charge is 0.486 e. The van der Waals surface area contributed by atoms with Crippen molar-refractivity contribution in [2.75, 3.05) is 19.8 Å². The van der Waals surface area contributed by atoms with Gasteiger partial charge < -0.3 is 19.3 Å². The van der Waals surface area contributed by atoms with E-state index in [1.54, 1.807) is 0 Å². The minimum absolute atomic E-state index is 0.00633. The first-order valence-corrected chi connectivity index (χ1v) is 5.68. The van der Waals surface area contributed by atoms with Crippen LogP contribution in [0.5, 0.6) is 11.5 Å². The molecule has 1 aliphatic heterocycles. The molecule has 1 aromatic rings.